The van der Waals surface area contributed by atoms with E-state index in [2.05, 4.69) is 93.9 Å². The van der Waals surface area contributed by atoms with Gasteiger partial charge in [0.25, 0.3) is 0 Å². The van der Waals surface area contributed by atoms with Crippen LogP contribution in [0.5, 0.6) is 0 Å². The fourth-order valence-electron chi connectivity index (χ4n) is 6.82. The van der Waals surface area contributed by atoms with Gasteiger partial charge in [0.1, 0.15) is 5.82 Å². The number of anilines is 1. The maximum absolute atomic E-state index is 5.44. The van der Waals surface area contributed by atoms with Gasteiger partial charge in [-0.15, -0.1) is 0 Å². The minimum absolute atomic E-state index is 0.290. The number of rotatable bonds is 7. The van der Waals surface area contributed by atoms with Crippen LogP contribution in [0.4, 0.5) is 5.82 Å². The number of benzene rings is 2. The summed E-state index contributed by atoms with van der Waals surface area (Å²) in [4.78, 5) is 15.8. The zero-order chi connectivity index (χ0) is 26.9. The Morgan fingerprint density at radius 3 is 2.42 bits per heavy atom. The van der Waals surface area contributed by atoms with Crippen molar-refractivity contribution >= 4 is 5.82 Å². The molecular formula is C34H46N4. The molecule has 4 heteroatoms. The molecule has 5 rings (SSSR count). The van der Waals surface area contributed by atoms with E-state index in [-0.39, 0.29) is 0 Å². The average molecular weight is 511 g/mol. The molecule has 1 aliphatic heterocycles. The summed E-state index contributed by atoms with van der Waals surface area (Å²) >= 11 is 0. The molecule has 1 fully saturated rings. The summed E-state index contributed by atoms with van der Waals surface area (Å²) < 4.78 is 0. The molecule has 4 nitrogen and oxygen atoms in total. The van der Waals surface area contributed by atoms with Crippen molar-refractivity contribution in [2.75, 3.05) is 25.0 Å². The summed E-state index contributed by atoms with van der Waals surface area (Å²) in [5, 5.41) is 0. The molecule has 0 radical (unpaired) electrons. The largest absolute Gasteiger partial charge is 0.356 e. The maximum Gasteiger partial charge on any atom is 0.162 e. The van der Waals surface area contributed by atoms with Gasteiger partial charge in [-0.1, -0.05) is 70.2 Å². The van der Waals surface area contributed by atoms with E-state index in [0.29, 0.717) is 11.5 Å². The zero-order valence-electron chi connectivity index (χ0n) is 24.5. The van der Waals surface area contributed by atoms with E-state index in [0.717, 1.165) is 49.8 Å². The van der Waals surface area contributed by atoms with E-state index in [4.69, 9.17) is 9.97 Å². The summed E-state index contributed by atoms with van der Waals surface area (Å²) in [5.41, 5.74) is 9.66. The van der Waals surface area contributed by atoms with Gasteiger partial charge in [0.2, 0.25) is 0 Å². The molecule has 1 unspecified atom stereocenters. The second-order valence-electron chi connectivity index (χ2n) is 12.3. The number of hydrogen-bond acceptors (Lipinski definition) is 4. The van der Waals surface area contributed by atoms with Gasteiger partial charge in [-0.25, -0.2) is 9.97 Å². The van der Waals surface area contributed by atoms with Crippen molar-refractivity contribution < 1.29 is 0 Å². The van der Waals surface area contributed by atoms with Crippen LogP contribution in [-0.2, 0) is 25.8 Å². The number of aryl methyl sites for hydroxylation is 4. The number of aromatic nitrogens is 2. The van der Waals surface area contributed by atoms with Crippen LogP contribution >= 0.6 is 0 Å². The third-order valence-electron chi connectivity index (χ3n) is 8.89. The smallest absolute Gasteiger partial charge is 0.162 e. The van der Waals surface area contributed by atoms with Gasteiger partial charge in [-0.2, -0.15) is 0 Å². The normalized spacial score (nSPS) is 19.0. The Balaban J connectivity index is 1.59. The molecule has 0 saturated carbocycles. The van der Waals surface area contributed by atoms with Gasteiger partial charge in [0, 0.05) is 42.5 Å². The molecule has 1 saturated heterocycles. The molecule has 2 aliphatic rings. The van der Waals surface area contributed by atoms with Crippen LogP contribution in [-0.4, -0.2) is 35.0 Å². The summed E-state index contributed by atoms with van der Waals surface area (Å²) in [6.45, 7) is 14.5. The monoisotopic (exact) mass is 510 g/mol. The minimum Gasteiger partial charge on any atom is -0.356 e. The van der Waals surface area contributed by atoms with Crippen LogP contribution in [0.1, 0.15) is 92.9 Å². The first kappa shape index (κ1) is 26.9. The quantitative estimate of drug-likeness (QED) is 0.326. The summed E-state index contributed by atoms with van der Waals surface area (Å²) in [6, 6.07) is 16.2. The second-order valence-corrected chi connectivity index (χ2v) is 12.3. The molecule has 0 bridgehead atoms. The fraction of sp³-hybridized carbons (Fsp3) is 0.529. The van der Waals surface area contributed by atoms with Gasteiger partial charge in [-0.3, -0.25) is 4.90 Å². The summed E-state index contributed by atoms with van der Waals surface area (Å²) in [5.74, 6) is 2.06. The first-order chi connectivity index (χ1) is 18.3. The second kappa shape index (κ2) is 11.2. The molecule has 38 heavy (non-hydrogen) atoms. The minimum atomic E-state index is 0.290. The molecule has 0 N–H and O–H groups in total. The van der Waals surface area contributed by atoms with E-state index < -0.39 is 0 Å². The molecule has 0 spiro atoms. The zero-order valence-corrected chi connectivity index (χ0v) is 24.5. The predicted molar refractivity (Wildman–Crippen MR) is 160 cm³/mol. The van der Waals surface area contributed by atoms with Crippen molar-refractivity contribution in [3.8, 4) is 11.4 Å². The highest BCUT2D eigenvalue weighted by Gasteiger charge is 2.31. The Morgan fingerprint density at radius 2 is 1.71 bits per heavy atom. The van der Waals surface area contributed by atoms with Crippen LogP contribution in [0.2, 0.25) is 0 Å². The number of piperidine rings is 1. The van der Waals surface area contributed by atoms with Crippen LogP contribution in [0.3, 0.4) is 0 Å². The van der Waals surface area contributed by atoms with Crippen molar-refractivity contribution in [2.45, 2.75) is 92.2 Å². The van der Waals surface area contributed by atoms with Gasteiger partial charge in [0.05, 0.1) is 0 Å². The Hall–Kier alpha value is -2.72. The molecule has 1 aliphatic carbocycles. The fourth-order valence-corrected chi connectivity index (χ4v) is 6.82. The molecule has 3 aromatic rings. The Bertz CT molecular complexity index is 1260. The van der Waals surface area contributed by atoms with Crippen molar-refractivity contribution in [1.82, 2.24) is 14.9 Å². The molecule has 1 atom stereocenters. The standard InChI is InChI=1S/C34H46N4/c1-7-25-15-11-16-26(8-2)31(25)32-35-24(3)29(33(36-32)38-21-13-20-34(4,5)23-38)22-37(6)30-19-12-17-27-14-9-10-18-28(27)30/h9-11,14-16,18,30H,7-8,12-13,17,19-23H2,1-6H3. The molecule has 0 amide bonds. The Kier molecular flexibility index (Phi) is 7.90. The average Bonchev–Trinajstić information content (AvgIpc) is 2.92. The van der Waals surface area contributed by atoms with Crippen molar-refractivity contribution in [1.29, 1.82) is 0 Å². The lowest BCUT2D eigenvalue weighted by Crippen LogP contribution is -2.41. The highest BCUT2D eigenvalue weighted by molar-refractivity contribution is 5.68. The SMILES string of the molecule is CCc1cccc(CC)c1-c1nc(C)c(CN(C)C2CCCc3ccccc32)c(N2CCCC(C)(C)C2)n1. The van der Waals surface area contributed by atoms with Gasteiger partial charge in [-0.05, 0) is 86.6 Å². The van der Waals surface area contributed by atoms with Gasteiger partial charge in [0.15, 0.2) is 5.82 Å². The van der Waals surface area contributed by atoms with E-state index in [1.165, 1.54) is 65.5 Å². The molecule has 1 aromatic heterocycles. The van der Waals surface area contributed by atoms with Crippen LogP contribution in [0, 0.1) is 12.3 Å². The molecular weight excluding hydrogens is 464 g/mol. The maximum atomic E-state index is 5.44. The van der Waals surface area contributed by atoms with E-state index in [1.54, 1.807) is 0 Å². The lowest BCUT2D eigenvalue weighted by atomic mass is 9.84. The lowest BCUT2D eigenvalue weighted by Gasteiger charge is -2.40. The highest BCUT2D eigenvalue weighted by atomic mass is 15.2. The molecule has 2 heterocycles. The third kappa shape index (κ3) is 5.38. The van der Waals surface area contributed by atoms with Crippen LogP contribution in [0.25, 0.3) is 11.4 Å². The topological polar surface area (TPSA) is 32.3 Å². The number of hydrogen-bond donors (Lipinski definition) is 0. The van der Waals surface area contributed by atoms with Crippen molar-refractivity contribution in [3.05, 3.63) is 76.0 Å². The van der Waals surface area contributed by atoms with Crippen molar-refractivity contribution in [3.63, 3.8) is 0 Å². The Morgan fingerprint density at radius 1 is 0.974 bits per heavy atom. The summed E-state index contributed by atoms with van der Waals surface area (Å²) in [6.07, 6.45) is 8.12. The summed E-state index contributed by atoms with van der Waals surface area (Å²) in [7, 11) is 2.30. The highest BCUT2D eigenvalue weighted by Crippen LogP contribution is 2.38. The van der Waals surface area contributed by atoms with Gasteiger partial charge < -0.3 is 4.90 Å². The van der Waals surface area contributed by atoms with Crippen LogP contribution < -0.4 is 4.90 Å². The number of nitrogens with zero attached hydrogens (tertiary/aromatic N) is 4. The van der Waals surface area contributed by atoms with Crippen molar-refractivity contribution in [2.24, 2.45) is 5.41 Å². The predicted octanol–water partition coefficient (Wildman–Crippen LogP) is 7.71. The van der Waals surface area contributed by atoms with E-state index in [9.17, 15) is 0 Å². The first-order valence-electron chi connectivity index (χ1n) is 14.8. The van der Waals surface area contributed by atoms with Crippen LogP contribution in [0.15, 0.2) is 42.5 Å². The molecule has 2 aromatic carbocycles. The van der Waals surface area contributed by atoms with E-state index >= 15 is 0 Å². The van der Waals surface area contributed by atoms with Gasteiger partial charge >= 0.3 is 0 Å². The van der Waals surface area contributed by atoms with E-state index in [1.807, 2.05) is 0 Å². The molecule has 202 valence electrons. The third-order valence-corrected chi connectivity index (χ3v) is 8.89. The Labute approximate surface area is 230 Å². The number of fused-ring (bicyclic) bond motifs is 1. The first-order valence-corrected chi connectivity index (χ1v) is 14.8. The lowest BCUT2D eigenvalue weighted by molar-refractivity contribution is 0.212.